The second-order valence-electron chi connectivity index (χ2n) is 3.38. The molecule has 13 heavy (non-hydrogen) atoms. The fraction of sp³-hybridized carbons (Fsp3) is 0.889. The van der Waals surface area contributed by atoms with E-state index in [1.807, 2.05) is 18.7 Å². The minimum atomic E-state index is 0.000849. The van der Waals surface area contributed by atoms with Crippen molar-refractivity contribution in [2.75, 3.05) is 19.0 Å². The minimum absolute atomic E-state index is 0.000849. The second kappa shape index (κ2) is 4.82. The van der Waals surface area contributed by atoms with Gasteiger partial charge in [-0.3, -0.25) is 4.79 Å². The van der Waals surface area contributed by atoms with E-state index in [1.165, 1.54) is 0 Å². The van der Waals surface area contributed by atoms with Crippen molar-refractivity contribution in [3.05, 3.63) is 0 Å². The maximum absolute atomic E-state index is 11.4. The number of morpholine rings is 1. The Morgan fingerprint density at radius 2 is 2.31 bits per heavy atom. The first-order valence-electron chi connectivity index (χ1n) is 4.66. The molecule has 4 heteroatoms. The van der Waals surface area contributed by atoms with Gasteiger partial charge in [0, 0.05) is 19.5 Å². The minimum Gasteiger partial charge on any atom is -0.370 e. The molecule has 0 aromatic rings. The second-order valence-corrected chi connectivity index (χ2v) is 3.68. The molecule has 1 fully saturated rings. The third kappa shape index (κ3) is 2.85. The molecule has 1 amide bonds. The lowest BCUT2D eigenvalue weighted by Gasteiger charge is -2.35. The van der Waals surface area contributed by atoms with Gasteiger partial charge in [0.25, 0.3) is 0 Å². The topological polar surface area (TPSA) is 29.5 Å². The molecule has 1 aliphatic heterocycles. The number of nitrogens with zero attached hydrogens (tertiary/aromatic N) is 1. The number of carbonyl (C=O) groups is 1. The van der Waals surface area contributed by atoms with E-state index < -0.39 is 0 Å². The highest BCUT2D eigenvalue weighted by atomic mass is 35.5. The zero-order valence-corrected chi connectivity index (χ0v) is 8.88. The highest BCUT2D eigenvalue weighted by molar-refractivity contribution is 6.18. The average Bonchev–Trinajstić information content (AvgIpc) is 2.15. The van der Waals surface area contributed by atoms with Gasteiger partial charge in [-0.2, -0.15) is 0 Å². The van der Waals surface area contributed by atoms with Gasteiger partial charge in [0.15, 0.2) is 0 Å². The molecule has 1 aliphatic rings. The summed E-state index contributed by atoms with van der Waals surface area (Å²) in [5.41, 5.74) is 0. The SMILES string of the molecule is CCC(=O)N1CC(C)OC(CCl)C1. The number of rotatable bonds is 2. The lowest BCUT2D eigenvalue weighted by molar-refractivity contribution is -0.142. The summed E-state index contributed by atoms with van der Waals surface area (Å²) in [7, 11) is 0. The Morgan fingerprint density at radius 3 is 2.85 bits per heavy atom. The maximum atomic E-state index is 11.4. The van der Waals surface area contributed by atoms with E-state index in [0.29, 0.717) is 25.4 Å². The number of hydrogen-bond acceptors (Lipinski definition) is 2. The summed E-state index contributed by atoms with van der Waals surface area (Å²) in [6.07, 6.45) is 0.663. The van der Waals surface area contributed by atoms with E-state index in [2.05, 4.69) is 0 Å². The smallest absolute Gasteiger partial charge is 0.222 e. The first-order chi connectivity index (χ1) is 6.17. The van der Waals surface area contributed by atoms with Crippen molar-refractivity contribution in [2.24, 2.45) is 0 Å². The van der Waals surface area contributed by atoms with Crippen LogP contribution in [-0.4, -0.2) is 42.0 Å². The molecule has 0 aromatic heterocycles. The summed E-state index contributed by atoms with van der Waals surface area (Å²) >= 11 is 5.70. The van der Waals surface area contributed by atoms with E-state index >= 15 is 0 Å². The number of alkyl halides is 1. The third-order valence-electron chi connectivity index (χ3n) is 2.15. The summed E-state index contributed by atoms with van der Waals surface area (Å²) in [4.78, 5) is 13.2. The molecule has 3 nitrogen and oxygen atoms in total. The van der Waals surface area contributed by atoms with Crippen LogP contribution in [0.2, 0.25) is 0 Å². The van der Waals surface area contributed by atoms with E-state index in [1.54, 1.807) is 0 Å². The van der Waals surface area contributed by atoms with Crippen LogP contribution in [0.4, 0.5) is 0 Å². The van der Waals surface area contributed by atoms with Crippen LogP contribution in [0.25, 0.3) is 0 Å². The van der Waals surface area contributed by atoms with Crippen LogP contribution in [0.15, 0.2) is 0 Å². The molecular formula is C9H16ClNO2. The Bertz CT molecular complexity index is 186. The molecule has 1 heterocycles. The van der Waals surface area contributed by atoms with E-state index in [0.717, 1.165) is 0 Å². The molecule has 0 saturated carbocycles. The molecule has 0 spiro atoms. The Hall–Kier alpha value is -0.280. The fourth-order valence-electron chi connectivity index (χ4n) is 1.56. The summed E-state index contributed by atoms with van der Waals surface area (Å²) in [5.74, 6) is 0.642. The normalized spacial score (nSPS) is 29.0. The van der Waals surface area contributed by atoms with E-state index in [4.69, 9.17) is 16.3 Å². The zero-order chi connectivity index (χ0) is 9.84. The van der Waals surface area contributed by atoms with Crippen LogP contribution in [-0.2, 0) is 9.53 Å². The van der Waals surface area contributed by atoms with Crippen molar-refractivity contribution in [1.29, 1.82) is 0 Å². The Labute approximate surface area is 84.0 Å². The predicted octanol–water partition coefficient (Wildman–Crippen LogP) is 1.25. The van der Waals surface area contributed by atoms with Crippen LogP contribution < -0.4 is 0 Å². The lowest BCUT2D eigenvalue weighted by atomic mass is 10.2. The maximum Gasteiger partial charge on any atom is 0.222 e. The Kier molecular flexibility index (Phi) is 4.00. The van der Waals surface area contributed by atoms with Crippen LogP contribution in [0, 0.1) is 0 Å². The molecule has 0 aromatic carbocycles. The van der Waals surface area contributed by atoms with Crippen molar-refractivity contribution in [3.63, 3.8) is 0 Å². The molecule has 0 N–H and O–H groups in total. The van der Waals surface area contributed by atoms with Gasteiger partial charge in [0.1, 0.15) is 0 Å². The van der Waals surface area contributed by atoms with Gasteiger partial charge in [-0.05, 0) is 6.92 Å². The lowest BCUT2D eigenvalue weighted by Crippen LogP contribution is -2.49. The summed E-state index contributed by atoms with van der Waals surface area (Å²) < 4.78 is 5.53. The predicted molar refractivity (Wildman–Crippen MR) is 51.9 cm³/mol. The summed E-state index contributed by atoms with van der Waals surface area (Å²) in [5, 5.41) is 0. The first kappa shape index (κ1) is 10.8. The largest absolute Gasteiger partial charge is 0.370 e. The number of amides is 1. The number of hydrogen-bond donors (Lipinski definition) is 0. The first-order valence-corrected chi connectivity index (χ1v) is 5.20. The highest BCUT2D eigenvalue weighted by Crippen LogP contribution is 2.12. The van der Waals surface area contributed by atoms with Crippen LogP contribution >= 0.6 is 11.6 Å². The molecule has 1 rings (SSSR count). The van der Waals surface area contributed by atoms with E-state index in [9.17, 15) is 4.79 Å². The molecule has 0 bridgehead atoms. The van der Waals surface area contributed by atoms with Gasteiger partial charge in [0.05, 0.1) is 18.1 Å². The zero-order valence-electron chi connectivity index (χ0n) is 8.12. The van der Waals surface area contributed by atoms with Gasteiger partial charge in [-0.15, -0.1) is 11.6 Å². The fourth-order valence-corrected chi connectivity index (χ4v) is 1.73. The third-order valence-corrected chi connectivity index (χ3v) is 2.50. The van der Waals surface area contributed by atoms with Gasteiger partial charge < -0.3 is 9.64 Å². The molecule has 76 valence electrons. The molecular weight excluding hydrogens is 190 g/mol. The van der Waals surface area contributed by atoms with Crippen molar-refractivity contribution in [3.8, 4) is 0 Å². The van der Waals surface area contributed by atoms with Crippen molar-refractivity contribution >= 4 is 17.5 Å². The van der Waals surface area contributed by atoms with Crippen molar-refractivity contribution in [1.82, 2.24) is 4.90 Å². The average molecular weight is 206 g/mol. The van der Waals surface area contributed by atoms with Crippen LogP contribution in [0.1, 0.15) is 20.3 Å². The number of halogens is 1. The number of carbonyl (C=O) groups excluding carboxylic acids is 1. The van der Waals surface area contributed by atoms with Gasteiger partial charge in [0.2, 0.25) is 5.91 Å². The Balaban J connectivity index is 2.51. The molecule has 2 atom stereocenters. The van der Waals surface area contributed by atoms with Gasteiger partial charge >= 0.3 is 0 Å². The van der Waals surface area contributed by atoms with Gasteiger partial charge in [-0.25, -0.2) is 0 Å². The standard InChI is InChI=1S/C9H16ClNO2/c1-3-9(12)11-5-7(2)13-8(4-10)6-11/h7-8H,3-6H2,1-2H3. The summed E-state index contributed by atoms with van der Waals surface area (Å²) in [6, 6.07) is 0. The van der Waals surface area contributed by atoms with Crippen LogP contribution in [0.5, 0.6) is 0 Å². The Morgan fingerprint density at radius 1 is 1.62 bits per heavy atom. The van der Waals surface area contributed by atoms with Crippen molar-refractivity contribution in [2.45, 2.75) is 32.5 Å². The summed E-state index contributed by atoms with van der Waals surface area (Å²) in [6.45, 7) is 5.17. The highest BCUT2D eigenvalue weighted by Gasteiger charge is 2.26. The molecule has 2 unspecified atom stereocenters. The van der Waals surface area contributed by atoms with E-state index in [-0.39, 0.29) is 18.1 Å². The van der Waals surface area contributed by atoms with Crippen molar-refractivity contribution < 1.29 is 9.53 Å². The molecule has 0 radical (unpaired) electrons. The van der Waals surface area contributed by atoms with Gasteiger partial charge in [-0.1, -0.05) is 6.92 Å². The quantitative estimate of drug-likeness (QED) is 0.636. The molecule has 1 saturated heterocycles. The number of ether oxygens (including phenoxy) is 1. The van der Waals surface area contributed by atoms with Crippen LogP contribution in [0.3, 0.4) is 0 Å². The molecule has 0 aliphatic carbocycles. The monoisotopic (exact) mass is 205 g/mol.